The predicted molar refractivity (Wildman–Crippen MR) is 104 cm³/mol. The van der Waals surface area contributed by atoms with E-state index >= 15 is 0 Å². The fourth-order valence-electron chi connectivity index (χ4n) is 3.71. The van der Waals surface area contributed by atoms with Crippen molar-refractivity contribution in [3.05, 3.63) is 89.6 Å². The van der Waals surface area contributed by atoms with Gasteiger partial charge in [-0.2, -0.15) is 0 Å². The first-order valence-electron chi connectivity index (χ1n) is 8.44. The Balaban J connectivity index is 1.85. The zero-order chi connectivity index (χ0) is 17.7. The van der Waals surface area contributed by atoms with Crippen LogP contribution in [0.4, 0.5) is 0 Å². The second-order valence-corrected chi connectivity index (χ2v) is 6.38. The molecule has 1 heterocycles. The molecule has 3 aromatic carbocycles. The number of aromatic hydroxyl groups is 2. The Morgan fingerprint density at radius 2 is 1.50 bits per heavy atom. The van der Waals surface area contributed by atoms with Crippen molar-refractivity contribution in [1.29, 1.82) is 0 Å². The first kappa shape index (κ1) is 14.7. The zero-order valence-electron chi connectivity index (χ0n) is 13.8. The van der Waals surface area contributed by atoms with E-state index in [-0.39, 0.29) is 11.5 Å². The van der Waals surface area contributed by atoms with E-state index in [0.29, 0.717) is 5.56 Å². The van der Waals surface area contributed by atoms with Crippen LogP contribution in [-0.4, -0.2) is 15.2 Å². The molecule has 2 N–H and O–H groups in total. The number of pyridine rings is 1. The Kier molecular flexibility index (Phi) is 3.09. The van der Waals surface area contributed by atoms with Crippen molar-refractivity contribution >= 4 is 22.6 Å². The number of para-hydroxylation sites is 1. The summed E-state index contributed by atoms with van der Waals surface area (Å²) in [6.45, 7) is 0. The van der Waals surface area contributed by atoms with Crippen LogP contribution in [0.1, 0.15) is 16.7 Å². The lowest BCUT2D eigenvalue weighted by atomic mass is 9.98. The molecule has 0 radical (unpaired) electrons. The van der Waals surface area contributed by atoms with Gasteiger partial charge in [-0.15, -0.1) is 0 Å². The molecule has 3 heteroatoms. The van der Waals surface area contributed by atoms with Gasteiger partial charge in [0.05, 0.1) is 5.52 Å². The molecule has 26 heavy (non-hydrogen) atoms. The number of hydrogen-bond donors (Lipinski definition) is 2. The van der Waals surface area contributed by atoms with E-state index in [1.54, 1.807) is 6.20 Å². The van der Waals surface area contributed by atoms with Gasteiger partial charge in [0.15, 0.2) is 11.5 Å². The minimum atomic E-state index is -0.109. The molecule has 0 atom stereocenters. The van der Waals surface area contributed by atoms with Gasteiger partial charge in [-0.05, 0) is 58.2 Å². The van der Waals surface area contributed by atoms with Crippen LogP contribution >= 0.6 is 0 Å². The number of hydrogen-bond acceptors (Lipinski definition) is 3. The van der Waals surface area contributed by atoms with Gasteiger partial charge < -0.3 is 10.2 Å². The summed E-state index contributed by atoms with van der Waals surface area (Å²) in [5.74, 6) is -0.189. The van der Waals surface area contributed by atoms with Crippen LogP contribution < -0.4 is 0 Å². The van der Waals surface area contributed by atoms with E-state index in [1.165, 1.54) is 6.07 Å². The first-order valence-corrected chi connectivity index (χ1v) is 8.44. The summed E-state index contributed by atoms with van der Waals surface area (Å²) in [4.78, 5) is 4.42. The van der Waals surface area contributed by atoms with Gasteiger partial charge in [-0.25, -0.2) is 0 Å². The van der Waals surface area contributed by atoms with Crippen LogP contribution in [-0.2, 0) is 0 Å². The van der Waals surface area contributed by atoms with Crippen molar-refractivity contribution in [2.75, 3.05) is 0 Å². The summed E-state index contributed by atoms with van der Waals surface area (Å²) >= 11 is 0. The number of nitrogens with zero attached hydrogens (tertiary/aromatic N) is 1. The van der Waals surface area contributed by atoms with Gasteiger partial charge in [0.25, 0.3) is 0 Å². The maximum absolute atomic E-state index is 10.5. The van der Waals surface area contributed by atoms with Gasteiger partial charge in [0.1, 0.15) is 0 Å². The van der Waals surface area contributed by atoms with E-state index in [9.17, 15) is 10.2 Å². The molecule has 124 valence electrons. The van der Waals surface area contributed by atoms with Crippen molar-refractivity contribution in [2.45, 2.75) is 0 Å². The molecule has 1 aliphatic rings. The van der Waals surface area contributed by atoms with E-state index in [1.807, 2.05) is 60.7 Å². The molecule has 3 nitrogen and oxygen atoms in total. The van der Waals surface area contributed by atoms with Gasteiger partial charge in [0, 0.05) is 17.1 Å². The highest BCUT2D eigenvalue weighted by Gasteiger charge is 2.27. The van der Waals surface area contributed by atoms with Gasteiger partial charge in [0.2, 0.25) is 0 Å². The maximum Gasteiger partial charge on any atom is 0.166 e. The molecule has 0 unspecified atom stereocenters. The number of benzene rings is 3. The highest BCUT2D eigenvalue weighted by Crippen LogP contribution is 2.51. The van der Waals surface area contributed by atoms with Gasteiger partial charge in [-0.3, -0.25) is 4.98 Å². The lowest BCUT2D eigenvalue weighted by Crippen LogP contribution is -1.86. The minimum Gasteiger partial charge on any atom is -0.504 e. The lowest BCUT2D eigenvalue weighted by Gasteiger charge is -2.08. The molecule has 1 aliphatic carbocycles. The van der Waals surface area contributed by atoms with Crippen LogP contribution in [0.5, 0.6) is 11.5 Å². The minimum absolute atomic E-state index is 0.0803. The second-order valence-electron chi connectivity index (χ2n) is 6.38. The fourth-order valence-corrected chi connectivity index (χ4v) is 3.71. The Hall–Kier alpha value is -3.59. The van der Waals surface area contributed by atoms with Crippen molar-refractivity contribution < 1.29 is 10.2 Å². The Labute approximate surface area is 150 Å². The van der Waals surface area contributed by atoms with Crippen LogP contribution in [0.15, 0.2) is 72.9 Å². The molecular weight excluding hydrogens is 322 g/mol. The molecule has 0 bridgehead atoms. The topological polar surface area (TPSA) is 53.4 Å². The highest BCUT2D eigenvalue weighted by molar-refractivity contribution is 6.10. The smallest absolute Gasteiger partial charge is 0.166 e. The van der Waals surface area contributed by atoms with Crippen molar-refractivity contribution in [3.63, 3.8) is 0 Å². The van der Waals surface area contributed by atoms with E-state index < -0.39 is 0 Å². The van der Waals surface area contributed by atoms with Crippen molar-refractivity contribution in [2.24, 2.45) is 0 Å². The maximum atomic E-state index is 10.5. The third-order valence-electron chi connectivity index (χ3n) is 4.92. The van der Waals surface area contributed by atoms with Crippen LogP contribution in [0.25, 0.3) is 33.7 Å². The largest absolute Gasteiger partial charge is 0.504 e. The summed E-state index contributed by atoms with van der Waals surface area (Å²) in [7, 11) is 0. The standard InChI is InChI=1S/C23H15NO2/c25-21-10-9-18-16-6-1-2-7-17(16)19(22(18)23(21)26)13-14-11-12-24-20-8-4-3-5-15(14)20/h1-13,25-26H. The fraction of sp³-hybridized carbons (Fsp3) is 0. The molecule has 0 aliphatic heterocycles. The lowest BCUT2D eigenvalue weighted by molar-refractivity contribution is 0.403. The Morgan fingerprint density at radius 3 is 2.38 bits per heavy atom. The molecule has 0 amide bonds. The zero-order valence-corrected chi connectivity index (χ0v) is 13.8. The molecule has 0 spiro atoms. The molecule has 1 aromatic heterocycles. The Morgan fingerprint density at radius 1 is 0.731 bits per heavy atom. The number of aromatic nitrogens is 1. The molecule has 0 saturated heterocycles. The molecule has 5 rings (SSSR count). The summed E-state index contributed by atoms with van der Waals surface area (Å²) in [5, 5.41) is 21.6. The number of phenolic OH excluding ortho intramolecular Hbond substituents is 2. The number of phenols is 2. The first-order chi connectivity index (χ1) is 12.7. The average molecular weight is 337 g/mol. The SMILES string of the molecule is Oc1ccc2c(c1O)C(=Cc1ccnc3ccccc13)c1ccccc1-2. The Bertz CT molecular complexity index is 1200. The number of rotatable bonds is 1. The van der Waals surface area contributed by atoms with Crippen LogP contribution in [0.3, 0.4) is 0 Å². The molecule has 4 aromatic rings. The molecule has 0 fully saturated rings. The third-order valence-corrected chi connectivity index (χ3v) is 4.92. The number of fused-ring (bicyclic) bond motifs is 4. The average Bonchev–Trinajstić information content (AvgIpc) is 2.99. The summed E-state index contributed by atoms with van der Waals surface area (Å²) in [6, 6.07) is 21.4. The monoisotopic (exact) mass is 337 g/mol. The quantitative estimate of drug-likeness (QED) is 0.413. The normalized spacial score (nSPS) is 13.8. The van der Waals surface area contributed by atoms with Crippen LogP contribution in [0, 0.1) is 0 Å². The van der Waals surface area contributed by atoms with E-state index in [0.717, 1.165) is 38.7 Å². The van der Waals surface area contributed by atoms with Gasteiger partial charge in [-0.1, -0.05) is 42.5 Å². The van der Waals surface area contributed by atoms with Crippen molar-refractivity contribution in [1.82, 2.24) is 4.98 Å². The van der Waals surface area contributed by atoms with E-state index in [2.05, 4.69) is 11.1 Å². The summed E-state index contributed by atoms with van der Waals surface area (Å²) in [6.07, 6.45) is 3.85. The summed E-state index contributed by atoms with van der Waals surface area (Å²) < 4.78 is 0. The van der Waals surface area contributed by atoms with Crippen LogP contribution in [0.2, 0.25) is 0 Å². The van der Waals surface area contributed by atoms with Crippen molar-refractivity contribution in [3.8, 4) is 22.6 Å². The predicted octanol–water partition coefficient (Wildman–Crippen LogP) is 5.22. The van der Waals surface area contributed by atoms with Gasteiger partial charge >= 0.3 is 0 Å². The third kappa shape index (κ3) is 2.04. The highest BCUT2D eigenvalue weighted by atomic mass is 16.3. The molecule has 0 saturated carbocycles. The molecular formula is C23H15NO2. The second kappa shape index (κ2) is 5.46. The summed E-state index contributed by atoms with van der Waals surface area (Å²) in [5.41, 5.74) is 6.56. The van der Waals surface area contributed by atoms with E-state index in [4.69, 9.17) is 0 Å².